The molecule has 4 aromatic rings. The zero-order valence-corrected chi connectivity index (χ0v) is 24.8. The van der Waals surface area contributed by atoms with Crippen LogP contribution in [0.2, 0.25) is 0 Å². The summed E-state index contributed by atoms with van der Waals surface area (Å²) in [6.45, 7) is 6.39. The van der Waals surface area contributed by atoms with Gasteiger partial charge < -0.3 is 41.1 Å². The quantitative estimate of drug-likeness (QED) is 0.102. The first-order chi connectivity index (χ1) is 20.4. The molecule has 3 aromatic heterocycles. The van der Waals surface area contributed by atoms with Gasteiger partial charge in [-0.25, -0.2) is 9.37 Å². The van der Waals surface area contributed by atoms with Crippen LogP contribution in [0.1, 0.15) is 49.4 Å². The summed E-state index contributed by atoms with van der Waals surface area (Å²) in [6.07, 6.45) is 1.48. The molecule has 0 unspecified atom stereocenters. The molecule has 14 nitrogen and oxygen atoms in total. The second-order valence-electron chi connectivity index (χ2n) is 11.0. The average Bonchev–Trinajstić information content (AvgIpc) is 3.29. The van der Waals surface area contributed by atoms with E-state index in [4.69, 9.17) is 12.6 Å². The first-order valence-electron chi connectivity index (χ1n) is 13.2. The molecule has 44 heavy (non-hydrogen) atoms. The number of aliphatic hydroxyl groups is 4. The Hall–Kier alpha value is -4.64. The third-order valence-electron chi connectivity index (χ3n) is 6.34. The number of nitrogens with one attached hydrogen (secondary N) is 3. The predicted octanol–water partition coefficient (Wildman–Crippen LogP) is 1.86. The van der Waals surface area contributed by atoms with Crippen molar-refractivity contribution in [3.05, 3.63) is 65.4 Å². The number of anilines is 4. The van der Waals surface area contributed by atoms with Crippen LogP contribution in [0, 0.1) is 5.82 Å². The zero-order valence-electron chi connectivity index (χ0n) is 24.8. The van der Waals surface area contributed by atoms with E-state index in [2.05, 4.69) is 30.9 Å². The van der Waals surface area contributed by atoms with Crippen molar-refractivity contribution in [2.75, 3.05) is 17.7 Å². The molecule has 16 heteroatoms. The van der Waals surface area contributed by atoms with Crippen LogP contribution in [-0.4, -0.2) is 72.1 Å². The molecule has 7 N–H and O–H groups in total. The van der Waals surface area contributed by atoms with Crippen molar-refractivity contribution in [2.24, 2.45) is 7.05 Å². The van der Waals surface area contributed by atoms with Gasteiger partial charge in [0.05, 0.1) is 35.5 Å². The smallest absolute Gasteiger partial charge is 0.277 e. The zero-order chi connectivity index (χ0) is 32.6. The number of carbonyl (C=O) groups is 1. The van der Waals surface area contributed by atoms with E-state index in [0.29, 0.717) is 17.0 Å². The van der Waals surface area contributed by atoms with Gasteiger partial charge in [0.15, 0.2) is 30.9 Å². The Morgan fingerprint density at radius 1 is 0.955 bits per heavy atom. The van der Waals surface area contributed by atoms with Crippen LogP contribution >= 0.6 is 0 Å². The lowest BCUT2D eigenvalue weighted by Crippen LogP contribution is -2.49. The number of methoxy groups -OCH3 is 1. The summed E-state index contributed by atoms with van der Waals surface area (Å²) in [5, 5.41) is 59.8. The molecule has 1 aromatic carbocycles. The molecule has 2 radical (unpaired) electrons. The molecule has 3 heterocycles. The van der Waals surface area contributed by atoms with E-state index in [0.717, 1.165) is 6.07 Å². The third kappa shape index (κ3) is 7.46. The van der Waals surface area contributed by atoms with Gasteiger partial charge in [0.2, 0.25) is 0 Å². The molecule has 230 valence electrons. The summed E-state index contributed by atoms with van der Waals surface area (Å²) in [6, 6.07) is 8.47. The van der Waals surface area contributed by atoms with Crippen molar-refractivity contribution >= 4 is 36.8 Å². The van der Waals surface area contributed by atoms with Crippen molar-refractivity contribution in [3.63, 3.8) is 0 Å². The van der Waals surface area contributed by atoms with Crippen LogP contribution in [0.25, 0.3) is 11.3 Å². The van der Waals surface area contributed by atoms with Crippen LogP contribution in [0.5, 0.6) is 5.75 Å². The summed E-state index contributed by atoms with van der Waals surface area (Å²) in [4.78, 5) is 17.1. The van der Waals surface area contributed by atoms with Gasteiger partial charge >= 0.3 is 0 Å². The van der Waals surface area contributed by atoms with Gasteiger partial charge in [-0.05, 0) is 57.5 Å². The summed E-state index contributed by atoms with van der Waals surface area (Å²) in [7, 11) is 8.12. The van der Waals surface area contributed by atoms with E-state index in [9.17, 15) is 25.2 Å². The highest BCUT2D eigenvalue weighted by Gasteiger charge is 2.27. The standard InChI is InChI=1S/C28H32BFN8O6/c1-26(2,40)14-7-8-31-21(9-14)33-22-13-18(23(36-35-22)25(39)34-28(29,42)43)32-19-11-15(30)10-16(24(19)44-6)17-12-20(27(3,4)41)38(5)37-17/h7-13,40-43H,1-6H3,(H,34,39)(H2,31,32,33,35). The molecule has 0 aliphatic carbocycles. The number of amides is 1. The highest BCUT2D eigenvalue weighted by Crippen LogP contribution is 2.40. The highest BCUT2D eigenvalue weighted by atomic mass is 19.1. The monoisotopic (exact) mass is 606 g/mol. The lowest BCUT2D eigenvalue weighted by Gasteiger charge is -2.20. The lowest BCUT2D eigenvalue weighted by molar-refractivity contribution is -0.102. The van der Waals surface area contributed by atoms with Crippen molar-refractivity contribution in [1.29, 1.82) is 0 Å². The maximum Gasteiger partial charge on any atom is 0.277 e. The molecule has 0 saturated carbocycles. The number of rotatable bonds is 10. The minimum atomic E-state index is -3.07. The molecular weight excluding hydrogens is 574 g/mol. The molecule has 0 spiro atoms. The van der Waals surface area contributed by atoms with Crippen molar-refractivity contribution in [1.82, 2.24) is 30.3 Å². The van der Waals surface area contributed by atoms with E-state index >= 15 is 4.39 Å². The Bertz CT molecular complexity index is 1700. The van der Waals surface area contributed by atoms with Crippen molar-refractivity contribution in [3.8, 4) is 17.0 Å². The van der Waals surface area contributed by atoms with E-state index < -0.39 is 34.4 Å². The van der Waals surface area contributed by atoms with E-state index in [1.54, 1.807) is 58.3 Å². The van der Waals surface area contributed by atoms with Gasteiger partial charge in [0.1, 0.15) is 17.2 Å². The number of hydrogen-bond acceptors (Lipinski definition) is 12. The number of aromatic nitrogens is 5. The molecule has 0 aliphatic heterocycles. The number of benzene rings is 1. The second-order valence-corrected chi connectivity index (χ2v) is 11.0. The predicted molar refractivity (Wildman–Crippen MR) is 159 cm³/mol. The number of pyridine rings is 1. The normalized spacial score (nSPS) is 12.2. The summed E-state index contributed by atoms with van der Waals surface area (Å²) >= 11 is 0. The Morgan fingerprint density at radius 2 is 1.66 bits per heavy atom. The first kappa shape index (κ1) is 32.3. The van der Waals surface area contributed by atoms with Gasteiger partial charge in [0, 0.05) is 30.9 Å². The highest BCUT2D eigenvalue weighted by molar-refractivity contribution is 6.15. The number of carbonyl (C=O) groups excluding carboxylic acids is 1. The minimum absolute atomic E-state index is 0.0418. The molecular formula is C28H32BFN8O6. The van der Waals surface area contributed by atoms with Crippen LogP contribution in [-0.2, 0) is 18.2 Å². The Labute approximate surface area is 253 Å². The van der Waals surface area contributed by atoms with Gasteiger partial charge in [0.25, 0.3) is 5.91 Å². The Kier molecular flexibility index (Phi) is 8.66. The second kappa shape index (κ2) is 11.8. The first-order valence-corrected chi connectivity index (χ1v) is 13.2. The summed E-state index contributed by atoms with van der Waals surface area (Å²) in [5.41, 5.74) is -1.33. The fourth-order valence-corrected chi connectivity index (χ4v) is 4.37. The van der Waals surface area contributed by atoms with Gasteiger partial charge in [-0.3, -0.25) is 9.48 Å². The molecule has 0 fully saturated rings. The number of nitrogens with zero attached hydrogens (tertiary/aromatic N) is 5. The fourth-order valence-electron chi connectivity index (χ4n) is 4.37. The summed E-state index contributed by atoms with van der Waals surface area (Å²) in [5.74, 6) is -4.40. The van der Waals surface area contributed by atoms with E-state index in [1.165, 1.54) is 30.1 Å². The molecule has 0 saturated heterocycles. The maximum atomic E-state index is 15.0. The average molecular weight is 606 g/mol. The number of aryl methyl sites for hydroxylation is 1. The number of ether oxygens (including phenoxy) is 1. The Balaban J connectivity index is 1.81. The SMILES string of the molecule is [B]C(O)(O)NC(=O)c1nnc(Nc2cc(C(C)(C)O)ccn2)cc1Nc1cc(F)cc(-c2cc(C(C)(C)O)n(C)n2)c1OC. The van der Waals surface area contributed by atoms with E-state index in [-0.39, 0.29) is 34.3 Å². The third-order valence-corrected chi connectivity index (χ3v) is 6.34. The molecule has 0 atom stereocenters. The van der Waals surface area contributed by atoms with E-state index in [1.807, 2.05) is 0 Å². The van der Waals surface area contributed by atoms with Crippen molar-refractivity contribution < 1.29 is 34.3 Å². The fraction of sp³-hybridized carbons (Fsp3) is 0.321. The topological polar surface area (TPSA) is 200 Å². The lowest BCUT2D eigenvalue weighted by atomic mass is 10.00. The van der Waals surface area contributed by atoms with Gasteiger partial charge in [-0.1, -0.05) is 0 Å². The Morgan fingerprint density at radius 3 is 2.25 bits per heavy atom. The molecule has 0 aliphatic rings. The van der Waals surface area contributed by atoms with Crippen LogP contribution in [0.3, 0.4) is 0 Å². The number of halogens is 1. The van der Waals surface area contributed by atoms with Gasteiger partial charge in [-0.15, -0.1) is 10.2 Å². The van der Waals surface area contributed by atoms with Crippen molar-refractivity contribution in [2.45, 2.75) is 44.7 Å². The van der Waals surface area contributed by atoms with Crippen LogP contribution < -0.4 is 20.7 Å². The minimum Gasteiger partial charge on any atom is -0.494 e. The van der Waals surface area contributed by atoms with Crippen LogP contribution in [0.4, 0.5) is 27.4 Å². The van der Waals surface area contributed by atoms with Crippen LogP contribution in [0.15, 0.2) is 42.6 Å². The molecule has 1 amide bonds. The summed E-state index contributed by atoms with van der Waals surface area (Å²) < 4.78 is 22.1. The molecule has 0 bridgehead atoms. The largest absolute Gasteiger partial charge is 0.494 e. The number of hydrogen-bond donors (Lipinski definition) is 7. The maximum absolute atomic E-state index is 15.0. The molecule has 4 rings (SSSR count). The van der Waals surface area contributed by atoms with Gasteiger partial charge in [-0.2, -0.15) is 5.10 Å².